The number of pyridine rings is 1. The van der Waals surface area contributed by atoms with Gasteiger partial charge in [0.1, 0.15) is 5.75 Å². The van der Waals surface area contributed by atoms with Crippen molar-refractivity contribution in [3.63, 3.8) is 0 Å². The highest BCUT2D eigenvalue weighted by Gasteiger charge is 2.06. The lowest BCUT2D eigenvalue weighted by molar-refractivity contribution is 0.429. The van der Waals surface area contributed by atoms with Crippen molar-refractivity contribution in [2.75, 3.05) is 0 Å². The molecule has 0 aliphatic rings. The van der Waals surface area contributed by atoms with E-state index in [0.717, 1.165) is 12.2 Å². The third kappa shape index (κ3) is 3.30. The van der Waals surface area contributed by atoms with Crippen LogP contribution in [0, 0.1) is 6.92 Å². The van der Waals surface area contributed by atoms with Crippen LogP contribution in [0.5, 0.6) is 5.75 Å². The van der Waals surface area contributed by atoms with Crippen LogP contribution < -0.4 is 5.32 Å². The molecule has 18 heavy (non-hydrogen) atoms. The first-order valence-electron chi connectivity index (χ1n) is 6.01. The zero-order valence-corrected chi connectivity index (χ0v) is 10.7. The van der Waals surface area contributed by atoms with Crippen molar-refractivity contribution < 1.29 is 5.11 Å². The molecule has 1 atom stereocenters. The number of aromatic nitrogens is 3. The van der Waals surface area contributed by atoms with Crippen LogP contribution in [-0.2, 0) is 13.1 Å². The Morgan fingerprint density at radius 3 is 3.00 bits per heavy atom. The Labute approximate surface area is 106 Å². The average molecular weight is 246 g/mol. The van der Waals surface area contributed by atoms with Gasteiger partial charge in [0.2, 0.25) is 0 Å². The van der Waals surface area contributed by atoms with Gasteiger partial charge >= 0.3 is 0 Å². The van der Waals surface area contributed by atoms with E-state index in [9.17, 15) is 5.11 Å². The normalized spacial score (nSPS) is 12.6. The second-order valence-corrected chi connectivity index (χ2v) is 4.43. The molecule has 0 bridgehead atoms. The van der Waals surface area contributed by atoms with Gasteiger partial charge in [-0.2, -0.15) is 5.10 Å². The van der Waals surface area contributed by atoms with Gasteiger partial charge in [0.25, 0.3) is 0 Å². The highest BCUT2D eigenvalue weighted by atomic mass is 16.3. The van der Waals surface area contributed by atoms with Crippen molar-refractivity contribution in [2.45, 2.75) is 33.0 Å². The fourth-order valence-corrected chi connectivity index (χ4v) is 1.76. The summed E-state index contributed by atoms with van der Waals surface area (Å²) in [7, 11) is 0. The molecule has 0 aromatic carbocycles. The van der Waals surface area contributed by atoms with Crippen molar-refractivity contribution in [3.8, 4) is 5.75 Å². The van der Waals surface area contributed by atoms with E-state index in [4.69, 9.17) is 0 Å². The minimum atomic E-state index is 0.236. The summed E-state index contributed by atoms with van der Waals surface area (Å²) in [5, 5.41) is 17.2. The molecule has 96 valence electrons. The first kappa shape index (κ1) is 12.6. The van der Waals surface area contributed by atoms with Crippen LogP contribution in [0.1, 0.15) is 18.3 Å². The second-order valence-electron chi connectivity index (χ2n) is 4.43. The van der Waals surface area contributed by atoms with Crippen LogP contribution in [0.15, 0.2) is 30.6 Å². The molecule has 2 heterocycles. The molecular weight excluding hydrogens is 228 g/mol. The van der Waals surface area contributed by atoms with Crippen LogP contribution in [-0.4, -0.2) is 25.9 Å². The number of rotatable bonds is 5. The van der Waals surface area contributed by atoms with Crippen LogP contribution in [0.3, 0.4) is 0 Å². The van der Waals surface area contributed by atoms with Gasteiger partial charge in [-0.3, -0.25) is 9.67 Å². The van der Waals surface area contributed by atoms with E-state index in [2.05, 4.69) is 22.3 Å². The van der Waals surface area contributed by atoms with E-state index in [0.29, 0.717) is 12.2 Å². The molecule has 0 aliphatic carbocycles. The molecule has 0 saturated heterocycles. The van der Waals surface area contributed by atoms with E-state index in [1.807, 2.05) is 23.9 Å². The lowest BCUT2D eigenvalue weighted by atomic mass is 10.2. The summed E-state index contributed by atoms with van der Waals surface area (Å²) in [4.78, 5) is 4.31. The molecule has 0 aliphatic heterocycles. The quantitative estimate of drug-likeness (QED) is 0.838. The first-order valence-corrected chi connectivity index (χ1v) is 6.01. The Hall–Kier alpha value is -1.88. The van der Waals surface area contributed by atoms with Gasteiger partial charge < -0.3 is 10.4 Å². The maximum Gasteiger partial charge on any atom is 0.138 e. The molecule has 0 saturated carbocycles. The van der Waals surface area contributed by atoms with Crippen LogP contribution in [0.2, 0.25) is 0 Å². The molecule has 5 nitrogen and oxygen atoms in total. The van der Waals surface area contributed by atoms with Crippen molar-refractivity contribution in [1.29, 1.82) is 0 Å². The average Bonchev–Trinajstić information content (AvgIpc) is 2.83. The molecular formula is C13H18N4O. The van der Waals surface area contributed by atoms with Gasteiger partial charge in [0.05, 0.1) is 12.2 Å². The van der Waals surface area contributed by atoms with Gasteiger partial charge in [0, 0.05) is 30.7 Å². The monoisotopic (exact) mass is 246 g/mol. The Bertz CT molecular complexity index is 496. The zero-order valence-electron chi connectivity index (χ0n) is 10.7. The fraction of sp³-hybridized carbons (Fsp3) is 0.385. The first-order chi connectivity index (χ1) is 8.65. The maximum atomic E-state index is 9.68. The van der Waals surface area contributed by atoms with Crippen LogP contribution >= 0.6 is 0 Å². The van der Waals surface area contributed by atoms with Gasteiger partial charge in [-0.05, 0) is 32.0 Å². The number of nitrogens with one attached hydrogen (secondary N) is 1. The minimum Gasteiger partial charge on any atom is -0.506 e. The highest BCUT2D eigenvalue weighted by molar-refractivity contribution is 5.27. The molecule has 0 fully saturated rings. The summed E-state index contributed by atoms with van der Waals surface area (Å²) in [5.41, 5.74) is 1.59. The van der Waals surface area contributed by atoms with Crippen molar-refractivity contribution in [2.24, 2.45) is 0 Å². The standard InChI is InChI=1S/C13H18N4O/c1-10-4-5-13(18)12(16-10)8-14-11(2)9-17-7-3-6-15-17/h3-7,11,14,18H,8-9H2,1-2H3. The molecule has 1 unspecified atom stereocenters. The van der Waals surface area contributed by atoms with E-state index in [1.54, 1.807) is 18.3 Å². The number of hydrogen-bond donors (Lipinski definition) is 2. The van der Waals surface area contributed by atoms with E-state index in [-0.39, 0.29) is 11.8 Å². The fourth-order valence-electron chi connectivity index (χ4n) is 1.76. The number of aromatic hydroxyl groups is 1. The molecule has 0 radical (unpaired) electrons. The number of aryl methyl sites for hydroxylation is 1. The van der Waals surface area contributed by atoms with Gasteiger partial charge in [-0.1, -0.05) is 0 Å². The molecule has 2 aromatic rings. The second kappa shape index (κ2) is 5.64. The van der Waals surface area contributed by atoms with E-state index < -0.39 is 0 Å². The molecule has 0 amide bonds. The van der Waals surface area contributed by atoms with Gasteiger partial charge in [-0.25, -0.2) is 0 Å². The maximum absolute atomic E-state index is 9.68. The van der Waals surface area contributed by atoms with Gasteiger partial charge in [0.15, 0.2) is 0 Å². The predicted octanol–water partition coefficient (Wildman–Crippen LogP) is 1.47. The van der Waals surface area contributed by atoms with E-state index >= 15 is 0 Å². The zero-order chi connectivity index (χ0) is 13.0. The minimum absolute atomic E-state index is 0.236. The summed E-state index contributed by atoms with van der Waals surface area (Å²) in [6.07, 6.45) is 3.70. The lowest BCUT2D eigenvalue weighted by Gasteiger charge is -2.14. The SMILES string of the molecule is Cc1ccc(O)c(CNC(C)Cn2cccn2)n1. The van der Waals surface area contributed by atoms with Crippen LogP contribution in [0.4, 0.5) is 0 Å². The van der Waals surface area contributed by atoms with E-state index in [1.165, 1.54) is 0 Å². The molecule has 2 N–H and O–H groups in total. The largest absolute Gasteiger partial charge is 0.506 e. The Kier molecular flexibility index (Phi) is 3.94. The summed E-state index contributed by atoms with van der Waals surface area (Å²) in [6, 6.07) is 5.64. The third-order valence-corrected chi connectivity index (χ3v) is 2.73. The molecule has 2 aromatic heterocycles. The summed E-state index contributed by atoms with van der Waals surface area (Å²) < 4.78 is 1.88. The summed E-state index contributed by atoms with van der Waals surface area (Å²) in [6.45, 7) is 5.33. The predicted molar refractivity (Wildman–Crippen MR) is 69.2 cm³/mol. The topological polar surface area (TPSA) is 63.0 Å². The molecule has 2 rings (SSSR count). The third-order valence-electron chi connectivity index (χ3n) is 2.73. The lowest BCUT2D eigenvalue weighted by Crippen LogP contribution is -2.30. The van der Waals surface area contributed by atoms with Crippen LogP contribution in [0.25, 0.3) is 0 Å². The Balaban J connectivity index is 1.89. The number of nitrogens with zero attached hydrogens (tertiary/aromatic N) is 3. The highest BCUT2D eigenvalue weighted by Crippen LogP contribution is 2.14. The van der Waals surface area contributed by atoms with Crippen molar-refractivity contribution in [1.82, 2.24) is 20.1 Å². The van der Waals surface area contributed by atoms with Crippen molar-refractivity contribution >= 4 is 0 Å². The molecule has 5 heteroatoms. The van der Waals surface area contributed by atoms with Gasteiger partial charge in [-0.15, -0.1) is 0 Å². The Morgan fingerprint density at radius 2 is 2.28 bits per heavy atom. The smallest absolute Gasteiger partial charge is 0.138 e. The summed E-state index contributed by atoms with van der Waals surface area (Å²) in [5.74, 6) is 0.236. The van der Waals surface area contributed by atoms with Crippen molar-refractivity contribution in [3.05, 3.63) is 42.0 Å². The Morgan fingerprint density at radius 1 is 1.44 bits per heavy atom. The number of hydrogen-bond acceptors (Lipinski definition) is 4. The molecule has 0 spiro atoms. The summed E-state index contributed by atoms with van der Waals surface area (Å²) >= 11 is 0.